The maximum atomic E-state index is 13.3. The molecule has 2 amide bonds. The van der Waals surface area contributed by atoms with E-state index in [9.17, 15) is 13.8 Å². The van der Waals surface area contributed by atoms with Crippen molar-refractivity contribution < 1.29 is 13.8 Å². The molecule has 29 heavy (non-hydrogen) atoms. The largest absolute Gasteiger partial charge is 0.344 e. The van der Waals surface area contributed by atoms with Gasteiger partial charge < -0.3 is 10.2 Å². The molecule has 2 aliphatic heterocycles. The number of carbonyl (C=O) groups is 2. The quantitative estimate of drug-likeness (QED) is 0.706. The van der Waals surface area contributed by atoms with Crippen LogP contribution in [0.1, 0.15) is 57.9 Å². The minimum atomic E-state index is -0.958. The Morgan fingerprint density at radius 2 is 1.97 bits per heavy atom. The molecule has 3 rings (SSSR count). The van der Waals surface area contributed by atoms with Crippen LogP contribution in [0.15, 0.2) is 30.3 Å². The maximum Gasteiger partial charge on any atom is 0.245 e. The van der Waals surface area contributed by atoms with Gasteiger partial charge in [0.25, 0.3) is 0 Å². The lowest BCUT2D eigenvalue weighted by atomic mass is 10.0. The summed E-state index contributed by atoms with van der Waals surface area (Å²) < 4.78 is 12.7. The van der Waals surface area contributed by atoms with Crippen LogP contribution >= 0.6 is 0 Å². The van der Waals surface area contributed by atoms with E-state index in [1.165, 1.54) is 5.56 Å². The molecule has 0 radical (unpaired) electrons. The molecule has 0 saturated carbocycles. The Labute approximate surface area is 177 Å². The van der Waals surface area contributed by atoms with Crippen molar-refractivity contribution in [2.24, 2.45) is 5.92 Å². The fraction of sp³-hybridized carbons (Fsp3) is 0.652. The number of fused-ring (bicyclic) bond motifs is 1. The van der Waals surface area contributed by atoms with Gasteiger partial charge in [0.15, 0.2) is 0 Å². The molecule has 0 spiro atoms. The predicted octanol–water partition coefficient (Wildman–Crippen LogP) is 3.05. The topological polar surface area (TPSA) is 66.5 Å². The first-order chi connectivity index (χ1) is 14.0. The lowest BCUT2D eigenvalue weighted by molar-refractivity contribution is -0.138. The number of hydrogen-bond acceptors (Lipinski definition) is 3. The average Bonchev–Trinajstić information content (AvgIpc) is 3.05. The van der Waals surface area contributed by atoms with Crippen LogP contribution in [0, 0.1) is 5.92 Å². The summed E-state index contributed by atoms with van der Waals surface area (Å²) in [5.41, 5.74) is 1.20. The molecule has 0 aromatic heterocycles. The summed E-state index contributed by atoms with van der Waals surface area (Å²) in [6.07, 6.45) is 6.10. The summed E-state index contributed by atoms with van der Waals surface area (Å²) in [6, 6.07) is 9.96. The molecule has 2 saturated heterocycles. The highest BCUT2D eigenvalue weighted by molar-refractivity contribution is 7.85. The molecule has 6 heteroatoms. The molecule has 2 unspecified atom stereocenters. The van der Waals surface area contributed by atoms with Crippen LogP contribution in [0.5, 0.6) is 0 Å². The zero-order valence-electron chi connectivity index (χ0n) is 17.6. The van der Waals surface area contributed by atoms with Gasteiger partial charge in [0.2, 0.25) is 11.8 Å². The molecule has 5 atom stereocenters. The van der Waals surface area contributed by atoms with Crippen molar-refractivity contribution in [1.82, 2.24) is 10.2 Å². The summed E-state index contributed by atoms with van der Waals surface area (Å²) in [5, 5.41) is 2.99. The van der Waals surface area contributed by atoms with Gasteiger partial charge in [-0.3, -0.25) is 13.8 Å². The van der Waals surface area contributed by atoms with Gasteiger partial charge in [0, 0.05) is 40.3 Å². The second kappa shape index (κ2) is 10.4. The first-order valence-electron chi connectivity index (χ1n) is 11.0. The van der Waals surface area contributed by atoms with E-state index in [4.69, 9.17) is 0 Å². The van der Waals surface area contributed by atoms with Crippen LogP contribution in [0.25, 0.3) is 0 Å². The van der Waals surface area contributed by atoms with Crippen molar-refractivity contribution in [1.29, 1.82) is 0 Å². The third-order valence-corrected chi connectivity index (χ3v) is 7.83. The molecule has 0 bridgehead atoms. The standard InChI is InChI=1S/C23H34N2O3S/c1-3-17(2)22(26)24-21-11-7-10-19-12-13-20(25(19)23(21)27)16-29(28)15-14-18-8-5-4-6-9-18/h4-6,8-9,17,19-21H,3,7,10-16H2,1-2H3,(H,24,26)/t17?,19-,20-,21-,29?/m0/s1. The number of nitrogens with zero attached hydrogens (tertiary/aromatic N) is 1. The van der Waals surface area contributed by atoms with Gasteiger partial charge in [-0.25, -0.2) is 0 Å². The van der Waals surface area contributed by atoms with Crippen LogP contribution in [-0.4, -0.2) is 50.6 Å². The minimum absolute atomic E-state index is 0.0326. The Bertz CT molecular complexity index is 724. The SMILES string of the molecule is CCC(C)C(=O)N[C@H]1CCC[C@H]2CC[C@@H](CS(=O)CCc3ccccc3)N2C1=O. The van der Waals surface area contributed by atoms with E-state index in [0.29, 0.717) is 17.9 Å². The molecule has 0 aliphatic carbocycles. The molecular formula is C23H34N2O3S. The normalized spacial score (nSPS) is 26.5. The summed E-state index contributed by atoms with van der Waals surface area (Å²) in [5.74, 6) is 1.09. The van der Waals surface area contributed by atoms with Gasteiger partial charge in [-0.1, -0.05) is 44.2 Å². The maximum absolute atomic E-state index is 13.3. The number of aryl methyl sites for hydroxylation is 1. The van der Waals surface area contributed by atoms with E-state index in [0.717, 1.165) is 38.5 Å². The minimum Gasteiger partial charge on any atom is -0.344 e. The van der Waals surface area contributed by atoms with Crippen molar-refractivity contribution >= 4 is 22.6 Å². The van der Waals surface area contributed by atoms with Crippen molar-refractivity contribution in [2.75, 3.05) is 11.5 Å². The summed E-state index contributed by atoms with van der Waals surface area (Å²) in [6.45, 7) is 3.88. The third-order valence-electron chi connectivity index (χ3n) is 6.42. The Hall–Kier alpha value is -1.69. The lowest BCUT2D eigenvalue weighted by Gasteiger charge is -2.31. The number of carbonyl (C=O) groups excluding carboxylic acids is 2. The fourth-order valence-corrected chi connectivity index (χ4v) is 5.82. The Kier molecular flexibility index (Phi) is 7.87. The number of amides is 2. The number of hydrogen-bond donors (Lipinski definition) is 1. The van der Waals surface area contributed by atoms with Crippen LogP contribution in [0.3, 0.4) is 0 Å². The second-order valence-corrected chi connectivity index (χ2v) is 10.1. The number of benzene rings is 1. The van der Waals surface area contributed by atoms with Crippen LogP contribution in [-0.2, 0) is 26.8 Å². The zero-order chi connectivity index (χ0) is 20.8. The number of rotatable bonds is 8. The Morgan fingerprint density at radius 1 is 1.21 bits per heavy atom. The van der Waals surface area contributed by atoms with Crippen LogP contribution in [0.2, 0.25) is 0 Å². The van der Waals surface area contributed by atoms with E-state index in [1.54, 1.807) is 0 Å². The van der Waals surface area contributed by atoms with Crippen LogP contribution in [0.4, 0.5) is 0 Å². The average molecular weight is 419 g/mol. The zero-order valence-corrected chi connectivity index (χ0v) is 18.5. The highest BCUT2D eigenvalue weighted by Crippen LogP contribution is 2.32. The monoisotopic (exact) mass is 418 g/mol. The first kappa shape index (κ1) is 22.0. The highest BCUT2D eigenvalue weighted by Gasteiger charge is 2.42. The smallest absolute Gasteiger partial charge is 0.245 e. The first-order valence-corrected chi connectivity index (χ1v) is 12.5. The summed E-state index contributed by atoms with van der Waals surface area (Å²) in [7, 11) is -0.958. The molecule has 160 valence electrons. The van der Waals surface area contributed by atoms with Gasteiger partial charge in [0.1, 0.15) is 6.04 Å². The van der Waals surface area contributed by atoms with E-state index >= 15 is 0 Å². The number of nitrogens with one attached hydrogen (secondary N) is 1. The van der Waals surface area contributed by atoms with E-state index in [2.05, 4.69) is 17.4 Å². The Balaban J connectivity index is 1.60. The van der Waals surface area contributed by atoms with E-state index < -0.39 is 16.8 Å². The highest BCUT2D eigenvalue weighted by atomic mass is 32.2. The van der Waals surface area contributed by atoms with E-state index in [1.807, 2.05) is 36.9 Å². The molecule has 5 nitrogen and oxygen atoms in total. The van der Waals surface area contributed by atoms with Crippen molar-refractivity contribution in [3.8, 4) is 0 Å². The molecule has 1 N–H and O–H groups in total. The molecule has 2 fully saturated rings. The van der Waals surface area contributed by atoms with Crippen molar-refractivity contribution in [3.63, 3.8) is 0 Å². The summed E-state index contributed by atoms with van der Waals surface area (Å²) >= 11 is 0. The third kappa shape index (κ3) is 5.68. The van der Waals surface area contributed by atoms with Gasteiger partial charge in [-0.15, -0.1) is 0 Å². The van der Waals surface area contributed by atoms with Crippen molar-refractivity contribution in [2.45, 2.75) is 76.9 Å². The molecule has 2 heterocycles. The predicted molar refractivity (Wildman–Crippen MR) is 117 cm³/mol. The molecule has 2 aliphatic rings. The molecular weight excluding hydrogens is 384 g/mol. The molecule has 1 aromatic rings. The van der Waals surface area contributed by atoms with Gasteiger partial charge in [0.05, 0.1) is 0 Å². The lowest BCUT2D eigenvalue weighted by Crippen LogP contribution is -2.52. The van der Waals surface area contributed by atoms with E-state index in [-0.39, 0.29) is 29.8 Å². The molecule has 1 aromatic carbocycles. The van der Waals surface area contributed by atoms with Gasteiger partial charge in [-0.05, 0) is 50.5 Å². The fourth-order valence-electron chi connectivity index (χ4n) is 4.44. The van der Waals surface area contributed by atoms with Crippen molar-refractivity contribution in [3.05, 3.63) is 35.9 Å². The second-order valence-electron chi connectivity index (χ2n) is 8.48. The Morgan fingerprint density at radius 3 is 2.69 bits per heavy atom. The summed E-state index contributed by atoms with van der Waals surface area (Å²) in [4.78, 5) is 27.6. The van der Waals surface area contributed by atoms with Gasteiger partial charge in [-0.2, -0.15) is 0 Å². The van der Waals surface area contributed by atoms with Gasteiger partial charge >= 0.3 is 0 Å². The van der Waals surface area contributed by atoms with Crippen LogP contribution < -0.4 is 5.32 Å².